The lowest BCUT2D eigenvalue weighted by atomic mass is 10.1. The summed E-state index contributed by atoms with van der Waals surface area (Å²) in [5, 5.41) is 11.7. The van der Waals surface area contributed by atoms with Gasteiger partial charge < -0.3 is 13.5 Å². The molecule has 2 N–H and O–H groups in total. The van der Waals surface area contributed by atoms with Gasteiger partial charge in [-0.05, 0) is 24.3 Å². The van der Waals surface area contributed by atoms with Crippen LogP contribution in [0.25, 0.3) is 0 Å². The lowest BCUT2D eigenvalue weighted by Gasteiger charge is -2.14. The van der Waals surface area contributed by atoms with E-state index in [0.29, 0.717) is 5.56 Å². The Bertz CT molecular complexity index is 626. The van der Waals surface area contributed by atoms with Crippen LogP contribution < -0.4 is 5.32 Å². The maximum Gasteiger partial charge on any atom is 0.346 e. The summed E-state index contributed by atoms with van der Waals surface area (Å²) in [5.41, 5.74) is 1.13. The van der Waals surface area contributed by atoms with E-state index in [1.54, 1.807) is 24.3 Å². The zero-order chi connectivity index (χ0) is 16.7. The van der Waals surface area contributed by atoms with Gasteiger partial charge in [-0.3, -0.25) is 4.79 Å². The van der Waals surface area contributed by atoms with Crippen molar-refractivity contribution in [3.05, 3.63) is 47.7 Å². The van der Waals surface area contributed by atoms with Crippen molar-refractivity contribution in [2.45, 2.75) is 19.9 Å². The number of amides is 1. The monoisotopic (exact) mass is 413 g/mol. The highest BCUT2D eigenvalue weighted by molar-refractivity contribution is 14.1. The van der Waals surface area contributed by atoms with E-state index in [2.05, 4.69) is 26.8 Å². The zero-order valence-electron chi connectivity index (χ0n) is 12.2. The number of aliphatic hydroxyl groups is 1. The van der Waals surface area contributed by atoms with E-state index >= 15 is 0 Å². The summed E-state index contributed by atoms with van der Waals surface area (Å²) < 4.78 is 4.46. The van der Waals surface area contributed by atoms with E-state index in [9.17, 15) is 14.7 Å². The molecule has 0 unspecified atom stereocenters. The van der Waals surface area contributed by atoms with Crippen molar-refractivity contribution >= 4 is 34.9 Å². The second-order valence-electron chi connectivity index (χ2n) is 4.80. The largest absolute Gasteiger partial charge is 0.510 e. The van der Waals surface area contributed by atoms with Crippen LogP contribution >= 0.6 is 23.0 Å². The standard InChI is InChI=1S/C16H16INO4/c1-10(2)4-5-12-6-8-13(9-7-12)15(20)18-14(11(3)19)16(21)22-17/h6-10,14,19H,3H2,1-2H3,(H,18,20)/t14-/m0/s1. The number of halogens is 1. The Morgan fingerprint density at radius 2 is 1.91 bits per heavy atom. The number of hydrogen-bond donors (Lipinski definition) is 2. The molecule has 1 rings (SSSR count). The molecule has 0 aliphatic heterocycles. The minimum atomic E-state index is -1.30. The van der Waals surface area contributed by atoms with Crippen molar-refractivity contribution in [2.75, 3.05) is 0 Å². The average Bonchev–Trinajstić information content (AvgIpc) is 2.49. The van der Waals surface area contributed by atoms with Crippen LogP contribution in [0.3, 0.4) is 0 Å². The molecule has 0 spiro atoms. The summed E-state index contributed by atoms with van der Waals surface area (Å²) in [5.74, 6) is 4.45. The first-order valence-corrected chi connectivity index (χ1v) is 7.36. The molecule has 0 saturated heterocycles. The molecule has 1 atom stereocenters. The molecule has 0 aliphatic rings. The third-order valence-electron chi connectivity index (χ3n) is 2.57. The molecule has 0 fully saturated rings. The first kappa shape index (κ1) is 18.0. The maximum absolute atomic E-state index is 12.0. The van der Waals surface area contributed by atoms with Gasteiger partial charge in [0.15, 0.2) is 29.0 Å². The molecule has 0 bridgehead atoms. The van der Waals surface area contributed by atoms with Gasteiger partial charge in [-0.1, -0.05) is 32.3 Å². The van der Waals surface area contributed by atoms with Gasteiger partial charge in [-0.25, -0.2) is 4.79 Å². The van der Waals surface area contributed by atoms with Gasteiger partial charge in [0.2, 0.25) is 0 Å². The van der Waals surface area contributed by atoms with Gasteiger partial charge in [-0.2, -0.15) is 0 Å². The predicted octanol–water partition coefficient (Wildman–Crippen LogP) is 2.76. The molecule has 0 aromatic heterocycles. The number of benzene rings is 1. The number of carbonyl (C=O) groups is 2. The van der Waals surface area contributed by atoms with Crippen molar-refractivity contribution in [1.82, 2.24) is 5.32 Å². The number of nitrogens with one attached hydrogen (secondary N) is 1. The molecular weight excluding hydrogens is 397 g/mol. The third-order valence-corrected chi connectivity index (χ3v) is 3.01. The summed E-state index contributed by atoms with van der Waals surface area (Å²) in [6.07, 6.45) is 0. The molecule has 0 heterocycles. The molecule has 1 amide bonds. The van der Waals surface area contributed by atoms with Crippen LogP contribution in [0.2, 0.25) is 0 Å². The minimum absolute atomic E-state index is 0.263. The molecule has 1 aromatic rings. The Balaban J connectivity index is 2.84. The highest BCUT2D eigenvalue weighted by Crippen LogP contribution is 2.07. The fourth-order valence-corrected chi connectivity index (χ4v) is 1.72. The number of carbonyl (C=O) groups excluding carboxylic acids is 2. The van der Waals surface area contributed by atoms with Crippen molar-refractivity contribution in [3.8, 4) is 11.8 Å². The second-order valence-corrected chi connectivity index (χ2v) is 5.24. The Morgan fingerprint density at radius 3 is 2.36 bits per heavy atom. The quantitative estimate of drug-likeness (QED) is 0.452. The minimum Gasteiger partial charge on any atom is -0.510 e. The van der Waals surface area contributed by atoms with E-state index in [-0.39, 0.29) is 5.92 Å². The first-order chi connectivity index (χ1) is 10.3. The number of aliphatic hydroxyl groups excluding tert-OH is 1. The summed E-state index contributed by atoms with van der Waals surface area (Å²) in [7, 11) is 0. The van der Waals surface area contributed by atoms with Crippen molar-refractivity contribution in [2.24, 2.45) is 5.92 Å². The Labute approximate surface area is 143 Å². The summed E-state index contributed by atoms with van der Waals surface area (Å²) in [4.78, 5) is 23.5. The normalized spacial score (nSPS) is 11.1. The van der Waals surface area contributed by atoms with E-state index in [1.807, 2.05) is 13.8 Å². The smallest absolute Gasteiger partial charge is 0.346 e. The Kier molecular flexibility index (Phi) is 6.92. The topological polar surface area (TPSA) is 75.6 Å². The average molecular weight is 413 g/mol. The molecule has 1 aromatic carbocycles. The zero-order valence-corrected chi connectivity index (χ0v) is 14.4. The van der Waals surface area contributed by atoms with E-state index < -0.39 is 23.7 Å². The Morgan fingerprint density at radius 1 is 1.32 bits per heavy atom. The van der Waals surface area contributed by atoms with Crippen LogP contribution in [-0.4, -0.2) is 23.0 Å². The lowest BCUT2D eigenvalue weighted by molar-refractivity contribution is -0.133. The Hall–Kier alpha value is -2.01. The summed E-state index contributed by atoms with van der Waals surface area (Å²) >= 11 is 1.37. The highest BCUT2D eigenvalue weighted by Gasteiger charge is 2.25. The molecule has 0 radical (unpaired) electrons. The third kappa shape index (κ3) is 5.41. The number of hydrogen-bond acceptors (Lipinski definition) is 4. The molecule has 116 valence electrons. The van der Waals surface area contributed by atoms with Gasteiger partial charge >= 0.3 is 5.97 Å². The van der Waals surface area contributed by atoms with Crippen LogP contribution in [0.1, 0.15) is 29.8 Å². The van der Waals surface area contributed by atoms with Gasteiger partial charge in [-0.15, -0.1) is 0 Å². The van der Waals surface area contributed by atoms with Gasteiger partial charge in [0.1, 0.15) is 5.76 Å². The molecule has 22 heavy (non-hydrogen) atoms. The summed E-state index contributed by atoms with van der Waals surface area (Å²) in [6.45, 7) is 7.22. The fourth-order valence-electron chi connectivity index (χ4n) is 1.47. The van der Waals surface area contributed by atoms with Gasteiger partial charge in [0, 0.05) is 17.0 Å². The maximum atomic E-state index is 12.0. The lowest BCUT2D eigenvalue weighted by Crippen LogP contribution is -2.42. The van der Waals surface area contributed by atoms with Crippen molar-refractivity contribution in [3.63, 3.8) is 0 Å². The SMILES string of the molecule is C=C(O)[C@H](NC(=O)c1ccc(C#CC(C)C)cc1)C(=O)OI. The summed E-state index contributed by atoms with van der Waals surface area (Å²) in [6, 6.07) is 5.30. The molecule has 0 aliphatic carbocycles. The molecule has 0 saturated carbocycles. The van der Waals surface area contributed by atoms with E-state index in [4.69, 9.17) is 0 Å². The van der Waals surface area contributed by atoms with Crippen LogP contribution in [0.5, 0.6) is 0 Å². The second kappa shape index (κ2) is 8.44. The number of rotatable bonds is 4. The predicted molar refractivity (Wildman–Crippen MR) is 91.3 cm³/mol. The van der Waals surface area contributed by atoms with Gasteiger partial charge in [0.25, 0.3) is 5.91 Å². The van der Waals surface area contributed by atoms with Crippen molar-refractivity contribution < 1.29 is 17.8 Å². The van der Waals surface area contributed by atoms with Crippen LogP contribution in [0.15, 0.2) is 36.6 Å². The molecular formula is C16H16INO4. The molecule has 5 nitrogen and oxygen atoms in total. The molecule has 6 heteroatoms. The van der Waals surface area contributed by atoms with Crippen LogP contribution in [-0.2, 0) is 7.86 Å². The van der Waals surface area contributed by atoms with Crippen molar-refractivity contribution in [1.29, 1.82) is 0 Å². The fraction of sp³-hybridized carbons (Fsp3) is 0.250. The van der Waals surface area contributed by atoms with E-state index in [1.165, 1.54) is 23.0 Å². The van der Waals surface area contributed by atoms with E-state index in [0.717, 1.165) is 5.56 Å². The van der Waals surface area contributed by atoms with Crippen LogP contribution in [0, 0.1) is 17.8 Å². The van der Waals surface area contributed by atoms with Crippen LogP contribution in [0.4, 0.5) is 0 Å². The first-order valence-electron chi connectivity index (χ1n) is 6.47. The van der Waals surface area contributed by atoms with Gasteiger partial charge in [0.05, 0.1) is 0 Å². The highest BCUT2D eigenvalue weighted by atomic mass is 127.